The van der Waals surface area contributed by atoms with Gasteiger partial charge in [-0.3, -0.25) is 4.79 Å². The number of rotatable bonds is 4. The summed E-state index contributed by atoms with van der Waals surface area (Å²) in [7, 11) is -3.15. The van der Waals surface area contributed by atoms with Crippen molar-refractivity contribution in [3.05, 3.63) is 48.0 Å². The van der Waals surface area contributed by atoms with Gasteiger partial charge in [-0.25, -0.2) is 18.2 Å². The van der Waals surface area contributed by atoms with Crippen LogP contribution >= 0.6 is 0 Å². The summed E-state index contributed by atoms with van der Waals surface area (Å²) >= 11 is 0. The van der Waals surface area contributed by atoms with Crippen molar-refractivity contribution in [3.8, 4) is 0 Å². The highest BCUT2D eigenvalue weighted by Crippen LogP contribution is 2.23. The molecule has 0 spiro atoms. The van der Waals surface area contributed by atoms with Crippen LogP contribution in [0.5, 0.6) is 0 Å². The summed E-state index contributed by atoms with van der Waals surface area (Å²) in [6, 6.07) is 13.1. The molecule has 1 fully saturated rings. The number of carbonyl (C=O) groups is 2. The monoisotopic (exact) mass is 400 g/mol. The molecule has 0 radical (unpaired) electrons. The number of amides is 1. The highest BCUT2D eigenvalue weighted by atomic mass is 32.2. The van der Waals surface area contributed by atoms with Crippen molar-refractivity contribution < 1.29 is 22.7 Å². The SMILES string of the molecule is O=C(OCc1cccc2ccccc12)C1=NN([C@H]2CCS(=O)(=O)C2)C(=O)CC1. The number of hydrogen-bond acceptors (Lipinski definition) is 6. The first kappa shape index (κ1) is 18.6. The molecule has 4 rings (SSSR count). The summed E-state index contributed by atoms with van der Waals surface area (Å²) in [4.78, 5) is 24.7. The Labute approximate surface area is 162 Å². The minimum Gasteiger partial charge on any atom is -0.456 e. The Balaban J connectivity index is 1.48. The standard InChI is InChI=1S/C20H20N2O5S/c23-19-9-8-18(21-22(19)16-10-11-28(25,26)13-16)20(24)27-12-15-6-3-5-14-4-1-2-7-17(14)15/h1-7,16H,8-13H2/t16-/m0/s1. The molecule has 0 aliphatic carbocycles. The summed E-state index contributed by atoms with van der Waals surface area (Å²) in [5, 5.41) is 7.39. The van der Waals surface area contributed by atoms with Crippen LogP contribution < -0.4 is 0 Å². The second-order valence-corrected chi connectivity index (χ2v) is 9.28. The van der Waals surface area contributed by atoms with Gasteiger partial charge in [0.25, 0.3) is 0 Å². The van der Waals surface area contributed by atoms with Crippen molar-refractivity contribution in [2.75, 3.05) is 11.5 Å². The van der Waals surface area contributed by atoms with Crippen LogP contribution in [-0.2, 0) is 30.8 Å². The van der Waals surface area contributed by atoms with E-state index < -0.39 is 21.8 Å². The molecular weight excluding hydrogens is 380 g/mol. The molecule has 0 aromatic heterocycles. The van der Waals surface area contributed by atoms with E-state index in [0.29, 0.717) is 6.42 Å². The normalized spacial score (nSPS) is 21.6. The number of sulfone groups is 1. The number of carbonyl (C=O) groups excluding carboxylic acids is 2. The van der Waals surface area contributed by atoms with E-state index in [2.05, 4.69) is 5.10 Å². The predicted octanol–water partition coefficient (Wildman–Crippen LogP) is 2.05. The third-order valence-corrected chi connectivity index (χ3v) is 6.84. The average molecular weight is 400 g/mol. The molecule has 146 valence electrons. The van der Waals surface area contributed by atoms with E-state index in [1.165, 1.54) is 5.01 Å². The Kier molecular flexibility index (Phi) is 4.89. The van der Waals surface area contributed by atoms with E-state index in [-0.39, 0.29) is 42.6 Å². The summed E-state index contributed by atoms with van der Waals surface area (Å²) in [5.41, 5.74) is 1.04. The minimum absolute atomic E-state index is 0.0395. The minimum atomic E-state index is -3.15. The number of esters is 1. The van der Waals surface area contributed by atoms with Gasteiger partial charge < -0.3 is 4.74 Å². The first-order chi connectivity index (χ1) is 13.4. The van der Waals surface area contributed by atoms with Crippen LogP contribution in [0.1, 0.15) is 24.8 Å². The molecule has 0 saturated carbocycles. The molecule has 2 aliphatic rings. The second kappa shape index (κ2) is 7.35. The second-order valence-electron chi connectivity index (χ2n) is 7.06. The fourth-order valence-electron chi connectivity index (χ4n) is 3.62. The first-order valence-corrected chi connectivity index (χ1v) is 11.0. The lowest BCUT2D eigenvalue weighted by molar-refractivity contribution is -0.138. The Hall–Kier alpha value is -2.74. The maximum absolute atomic E-state index is 12.5. The lowest BCUT2D eigenvalue weighted by Gasteiger charge is -2.27. The Bertz CT molecular complexity index is 1070. The quantitative estimate of drug-likeness (QED) is 0.733. The van der Waals surface area contributed by atoms with Gasteiger partial charge in [-0.1, -0.05) is 42.5 Å². The topological polar surface area (TPSA) is 93.1 Å². The van der Waals surface area contributed by atoms with Gasteiger partial charge in [-0.2, -0.15) is 5.10 Å². The molecule has 0 N–H and O–H groups in total. The van der Waals surface area contributed by atoms with Crippen LogP contribution in [-0.4, -0.2) is 48.6 Å². The molecule has 28 heavy (non-hydrogen) atoms. The van der Waals surface area contributed by atoms with Gasteiger partial charge in [-0.15, -0.1) is 0 Å². The van der Waals surface area contributed by atoms with E-state index in [9.17, 15) is 18.0 Å². The summed E-state index contributed by atoms with van der Waals surface area (Å²) in [6.45, 7) is 0.102. The van der Waals surface area contributed by atoms with Crippen LogP contribution in [0.4, 0.5) is 0 Å². The first-order valence-electron chi connectivity index (χ1n) is 9.17. The average Bonchev–Trinajstić information content (AvgIpc) is 3.06. The Morgan fingerprint density at radius 2 is 1.93 bits per heavy atom. The van der Waals surface area contributed by atoms with Crippen molar-refractivity contribution >= 4 is 38.2 Å². The molecule has 2 aliphatic heterocycles. The fraction of sp³-hybridized carbons (Fsp3) is 0.350. The largest absolute Gasteiger partial charge is 0.456 e. The smallest absolute Gasteiger partial charge is 0.354 e. The maximum atomic E-state index is 12.5. The van der Waals surface area contributed by atoms with Crippen LogP contribution in [0.3, 0.4) is 0 Å². The number of hydrogen-bond donors (Lipinski definition) is 0. The maximum Gasteiger partial charge on any atom is 0.354 e. The zero-order valence-electron chi connectivity index (χ0n) is 15.2. The molecule has 1 saturated heterocycles. The highest BCUT2D eigenvalue weighted by Gasteiger charge is 2.37. The number of fused-ring (bicyclic) bond motifs is 1. The van der Waals surface area contributed by atoms with E-state index in [1.54, 1.807) is 0 Å². The molecule has 1 atom stereocenters. The molecule has 0 unspecified atom stereocenters. The van der Waals surface area contributed by atoms with Crippen molar-refractivity contribution in [1.82, 2.24) is 5.01 Å². The summed E-state index contributed by atoms with van der Waals surface area (Å²) < 4.78 is 28.8. The Morgan fingerprint density at radius 3 is 2.71 bits per heavy atom. The fourth-order valence-corrected chi connectivity index (χ4v) is 5.31. The molecule has 1 amide bonds. The molecule has 2 aromatic rings. The zero-order valence-corrected chi connectivity index (χ0v) is 16.0. The van der Waals surface area contributed by atoms with Crippen LogP contribution in [0.25, 0.3) is 10.8 Å². The van der Waals surface area contributed by atoms with Gasteiger partial charge >= 0.3 is 5.97 Å². The lowest BCUT2D eigenvalue weighted by Crippen LogP contribution is -2.42. The van der Waals surface area contributed by atoms with Crippen molar-refractivity contribution in [1.29, 1.82) is 0 Å². The third kappa shape index (κ3) is 3.77. The van der Waals surface area contributed by atoms with Gasteiger partial charge in [0.2, 0.25) is 5.91 Å². The van der Waals surface area contributed by atoms with E-state index in [1.807, 2.05) is 42.5 Å². The lowest BCUT2D eigenvalue weighted by atomic mass is 10.1. The highest BCUT2D eigenvalue weighted by molar-refractivity contribution is 7.91. The van der Waals surface area contributed by atoms with Gasteiger partial charge in [-0.05, 0) is 22.8 Å². The van der Waals surface area contributed by atoms with Crippen LogP contribution in [0.15, 0.2) is 47.6 Å². The van der Waals surface area contributed by atoms with Gasteiger partial charge in [0.1, 0.15) is 12.3 Å². The molecule has 2 heterocycles. The van der Waals surface area contributed by atoms with Gasteiger partial charge in [0.05, 0.1) is 17.5 Å². The van der Waals surface area contributed by atoms with Crippen molar-refractivity contribution in [3.63, 3.8) is 0 Å². The Morgan fingerprint density at radius 1 is 1.14 bits per heavy atom. The van der Waals surface area contributed by atoms with Crippen molar-refractivity contribution in [2.45, 2.75) is 31.9 Å². The zero-order chi connectivity index (χ0) is 19.7. The number of ether oxygens (including phenoxy) is 1. The number of benzene rings is 2. The van der Waals surface area contributed by atoms with Gasteiger partial charge in [0, 0.05) is 12.8 Å². The van der Waals surface area contributed by atoms with E-state index in [4.69, 9.17) is 4.74 Å². The van der Waals surface area contributed by atoms with Crippen molar-refractivity contribution in [2.24, 2.45) is 5.10 Å². The van der Waals surface area contributed by atoms with E-state index >= 15 is 0 Å². The van der Waals surface area contributed by atoms with Crippen LogP contribution in [0, 0.1) is 0 Å². The predicted molar refractivity (Wildman–Crippen MR) is 104 cm³/mol. The van der Waals surface area contributed by atoms with Crippen LogP contribution in [0.2, 0.25) is 0 Å². The molecule has 2 aromatic carbocycles. The summed E-state index contributed by atoms with van der Waals surface area (Å²) in [6.07, 6.45) is 0.665. The molecular formula is C20H20N2O5S. The number of hydrazone groups is 1. The molecule has 7 nitrogen and oxygen atoms in total. The molecule has 8 heteroatoms. The number of nitrogens with zero attached hydrogens (tertiary/aromatic N) is 2. The molecule has 0 bridgehead atoms. The summed E-state index contributed by atoms with van der Waals surface area (Å²) in [5.74, 6) is -0.905. The van der Waals surface area contributed by atoms with E-state index in [0.717, 1.165) is 16.3 Å². The van der Waals surface area contributed by atoms with Gasteiger partial charge in [0.15, 0.2) is 9.84 Å². The third-order valence-electron chi connectivity index (χ3n) is 5.09.